The fourth-order valence-electron chi connectivity index (χ4n) is 2.59. The molecular formula is C20H15FN2S2. The van der Waals surface area contributed by atoms with E-state index in [9.17, 15) is 4.39 Å². The molecule has 0 bridgehead atoms. The first-order chi connectivity index (χ1) is 12.3. The fraction of sp³-hybridized carbons (Fsp3) is 0.0500. The lowest BCUT2D eigenvalue weighted by Crippen LogP contribution is -2.16. The summed E-state index contributed by atoms with van der Waals surface area (Å²) < 4.78 is 15.4. The van der Waals surface area contributed by atoms with Gasteiger partial charge in [-0.1, -0.05) is 36.4 Å². The standard InChI is InChI=1S/C20H15FN2S2/c21-16-8-10-17(11-9-16)22-20-23(13-15-5-2-1-3-6-15)18(14-25-20)19-7-4-12-24-19/h1-12,14H,13H2. The van der Waals surface area contributed by atoms with E-state index in [1.165, 1.54) is 22.6 Å². The maximum absolute atomic E-state index is 13.1. The molecule has 0 spiro atoms. The number of thiazole rings is 1. The van der Waals surface area contributed by atoms with E-state index in [-0.39, 0.29) is 5.82 Å². The number of nitrogens with zero attached hydrogens (tertiary/aromatic N) is 2. The zero-order valence-electron chi connectivity index (χ0n) is 13.3. The topological polar surface area (TPSA) is 17.3 Å². The molecule has 4 aromatic rings. The summed E-state index contributed by atoms with van der Waals surface area (Å²) in [6.07, 6.45) is 0. The van der Waals surface area contributed by atoms with Gasteiger partial charge in [0.1, 0.15) is 5.82 Å². The van der Waals surface area contributed by atoms with E-state index in [2.05, 4.69) is 39.6 Å². The Balaban J connectivity index is 1.82. The minimum atomic E-state index is -0.249. The summed E-state index contributed by atoms with van der Waals surface area (Å²) in [6.45, 7) is 0.748. The number of hydrogen-bond donors (Lipinski definition) is 0. The average Bonchev–Trinajstić information content (AvgIpc) is 3.28. The highest BCUT2D eigenvalue weighted by molar-refractivity contribution is 7.14. The van der Waals surface area contributed by atoms with E-state index >= 15 is 0 Å². The molecule has 124 valence electrons. The first kappa shape index (κ1) is 16.0. The quantitative estimate of drug-likeness (QED) is 0.441. The fourth-order valence-corrected chi connectivity index (χ4v) is 4.33. The molecule has 2 aromatic carbocycles. The van der Waals surface area contributed by atoms with Gasteiger partial charge in [0.2, 0.25) is 0 Å². The van der Waals surface area contributed by atoms with Gasteiger partial charge in [0, 0.05) is 5.38 Å². The number of benzene rings is 2. The van der Waals surface area contributed by atoms with Gasteiger partial charge in [-0.05, 0) is 41.3 Å². The molecule has 0 aliphatic carbocycles. The summed E-state index contributed by atoms with van der Waals surface area (Å²) in [6, 6.07) is 20.8. The second-order valence-electron chi connectivity index (χ2n) is 5.54. The Labute approximate surface area is 153 Å². The van der Waals surface area contributed by atoms with Gasteiger partial charge in [-0.25, -0.2) is 9.38 Å². The molecule has 2 nitrogen and oxygen atoms in total. The lowest BCUT2D eigenvalue weighted by molar-refractivity contribution is 0.628. The van der Waals surface area contributed by atoms with E-state index in [0.717, 1.165) is 22.7 Å². The normalized spacial score (nSPS) is 11.8. The maximum atomic E-state index is 13.1. The highest BCUT2D eigenvalue weighted by Crippen LogP contribution is 2.26. The zero-order chi connectivity index (χ0) is 17.1. The monoisotopic (exact) mass is 366 g/mol. The van der Waals surface area contributed by atoms with Crippen molar-refractivity contribution in [2.75, 3.05) is 0 Å². The molecular weight excluding hydrogens is 351 g/mol. The second-order valence-corrected chi connectivity index (χ2v) is 7.33. The Morgan fingerprint density at radius 3 is 2.40 bits per heavy atom. The largest absolute Gasteiger partial charge is 0.311 e. The molecule has 0 fully saturated rings. The van der Waals surface area contributed by atoms with Crippen molar-refractivity contribution >= 4 is 28.4 Å². The van der Waals surface area contributed by atoms with E-state index in [4.69, 9.17) is 4.99 Å². The lowest BCUT2D eigenvalue weighted by atomic mass is 10.2. The Hall–Kier alpha value is -2.50. The highest BCUT2D eigenvalue weighted by Gasteiger charge is 2.09. The van der Waals surface area contributed by atoms with Crippen LogP contribution in [0.5, 0.6) is 0 Å². The van der Waals surface area contributed by atoms with Crippen LogP contribution in [0.3, 0.4) is 0 Å². The van der Waals surface area contributed by atoms with E-state index in [1.54, 1.807) is 34.8 Å². The summed E-state index contributed by atoms with van der Waals surface area (Å²) in [5.41, 5.74) is 3.13. The minimum absolute atomic E-state index is 0.249. The van der Waals surface area contributed by atoms with Crippen molar-refractivity contribution in [3.63, 3.8) is 0 Å². The Morgan fingerprint density at radius 1 is 0.880 bits per heavy atom. The SMILES string of the molecule is Fc1ccc(N=c2scc(-c3cccs3)n2Cc2ccccc2)cc1. The predicted octanol–water partition coefficient (Wildman–Crippen LogP) is 5.70. The number of rotatable bonds is 4. The van der Waals surface area contributed by atoms with Crippen LogP contribution in [0.1, 0.15) is 5.56 Å². The van der Waals surface area contributed by atoms with Crippen LogP contribution in [0.2, 0.25) is 0 Å². The van der Waals surface area contributed by atoms with Gasteiger partial charge in [-0.3, -0.25) is 0 Å². The molecule has 0 amide bonds. The van der Waals surface area contributed by atoms with Crippen molar-refractivity contribution in [2.24, 2.45) is 4.99 Å². The first-order valence-corrected chi connectivity index (χ1v) is 9.62. The number of thiophene rings is 1. The van der Waals surface area contributed by atoms with E-state index in [0.29, 0.717) is 0 Å². The van der Waals surface area contributed by atoms with Crippen molar-refractivity contribution in [2.45, 2.75) is 6.54 Å². The van der Waals surface area contributed by atoms with Crippen LogP contribution in [0.25, 0.3) is 10.6 Å². The van der Waals surface area contributed by atoms with Gasteiger partial charge in [0.15, 0.2) is 4.80 Å². The summed E-state index contributed by atoms with van der Waals surface area (Å²) in [5, 5.41) is 4.22. The molecule has 2 aromatic heterocycles. The van der Waals surface area contributed by atoms with E-state index in [1.807, 2.05) is 18.2 Å². The third-order valence-electron chi connectivity index (χ3n) is 3.81. The third-order valence-corrected chi connectivity index (χ3v) is 5.56. The molecule has 2 heterocycles. The molecule has 0 atom stereocenters. The van der Waals surface area contributed by atoms with Crippen molar-refractivity contribution in [3.05, 3.63) is 93.7 Å². The Morgan fingerprint density at radius 2 is 1.68 bits per heavy atom. The van der Waals surface area contributed by atoms with Crippen LogP contribution >= 0.6 is 22.7 Å². The number of hydrogen-bond acceptors (Lipinski definition) is 3. The summed E-state index contributed by atoms with van der Waals surface area (Å²) >= 11 is 3.32. The van der Waals surface area contributed by atoms with Crippen molar-refractivity contribution < 1.29 is 4.39 Å². The van der Waals surface area contributed by atoms with Crippen LogP contribution in [-0.4, -0.2) is 4.57 Å². The van der Waals surface area contributed by atoms with Crippen LogP contribution in [0.4, 0.5) is 10.1 Å². The second kappa shape index (κ2) is 7.17. The number of aromatic nitrogens is 1. The van der Waals surface area contributed by atoms with Crippen molar-refractivity contribution in [1.29, 1.82) is 0 Å². The highest BCUT2D eigenvalue weighted by atomic mass is 32.1. The third kappa shape index (κ3) is 3.62. The average molecular weight is 366 g/mol. The predicted molar refractivity (Wildman–Crippen MR) is 103 cm³/mol. The molecule has 0 N–H and O–H groups in total. The van der Waals surface area contributed by atoms with Crippen LogP contribution in [0, 0.1) is 5.82 Å². The van der Waals surface area contributed by atoms with Crippen molar-refractivity contribution in [3.8, 4) is 10.6 Å². The molecule has 5 heteroatoms. The minimum Gasteiger partial charge on any atom is -0.311 e. The molecule has 0 unspecified atom stereocenters. The maximum Gasteiger partial charge on any atom is 0.190 e. The van der Waals surface area contributed by atoms with Gasteiger partial charge in [0.25, 0.3) is 0 Å². The van der Waals surface area contributed by atoms with Crippen LogP contribution in [0.15, 0.2) is 82.5 Å². The first-order valence-electron chi connectivity index (χ1n) is 7.86. The van der Waals surface area contributed by atoms with Gasteiger partial charge in [-0.2, -0.15) is 0 Å². The van der Waals surface area contributed by atoms with Gasteiger partial charge in [-0.15, -0.1) is 22.7 Å². The van der Waals surface area contributed by atoms with Crippen LogP contribution < -0.4 is 4.80 Å². The molecule has 0 saturated heterocycles. The number of halogens is 1. The molecule has 0 saturated carbocycles. The Kier molecular flexibility index (Phi) is 4.59. The summed E-state index contributed by atoms with van der Waals surface area (Å²) in [5.74, 6) is -0.249. The van der Waals surface area contributed by atoms with Gasteiger partial charge >= 0.3 is 0 Å². The van der Waals surface area contributed by atoms with Gasteiger partial charge < -0.3 is 4.57 Å². The van der Waals surface area contributed by atoms with Crippen LogP contribution in [-0.2, 0) is 6.54 Å². The molecule has 4 rings (SSSR count). The molecule has 25 heavy (non-hydrogen) atoms. The molecule has 0 radical (unpaired) electrons. The summed E-state index contributed by atoms with van der Waals surface area (Å²) in [4.78, 5) is 6.85. The van der Waals surface area contributed by atoms with Crippen molar-refractivity contribution in [1.82, 2.24) is 4.57 Å². The smallest absolute Gasteiger partial charge is 0.190 e. The zero-order valence-corrected chi connectivity index (χ0v) is 14.9. The molecule has 0 aliphatic heterocycles. The van der Waals surface area contributed by atoms with Gasteiger partial charge in [0.05, 0.1) is 22.8 Å². The Bertz CT molecular complexity index is 1010. The van der Waals surface area contributed by atoms with E-state index < -0.39 is 0 Å². The lowest BCUT2D eigenvalue weighted by Gasteiger charge is -2.08. The molecule has 0 aliphatic rings. The summed E-state index contributed by atoms with van der Waals surface area (Å²) in [7, 11) is 0.